The Morgan fingerprint density at radius 1 is 1.42 bits per heavy atom. The van der Waals surface area contributed by atoms with Crippen molar-refractivity contribution in [2.24, 2.45) is 5.92 Å². The number of carbonyl (C=O) groups excluding carboxylic acids is 1. The van der Waals surface area contributed by atoms with Crippen molar-refractivity contribution < 1.29 is 9.53 Å². The highest BCUT2D eigenvalue weighted by Gasteiger charge is 2.26. The minimum atomic E-state index is 0.113. The molecule has 128 valence electrons. The second kappa shape index (κ2) is 6.64. The van der Waals surface area contributed by atoms with E-state index in [9.17, 15) is 4.79 Å². The molecule has 0 bridgehead atoms. The third-order valence-corrected chi connectivity index (χ3v) is 5.69. The second-order valence-corrected chi connectivity index (χ2v) is 7.59. The van der Waals surface area contributed by atoms with Gasteiger partial charge < -0.3 is 9.64 Å². The lowest BCUT2D eigenvalue weighted by atomic mass is 10.2. The minimum Gasteiger partial charge on any atom is -0.375 e. The molecule has 0 radical (unpaired) electrons. The normalized spacial score (nSPS) is 17.6. The lowest BCUT2D eigenvalue weighted by molar-refractivity contribution is 0.0745. The lowest BCUT2D eigenvalue weighted by Gasteiger charge is -2.20. The summed E-state index contributed by atoms with van der Waals surface area (Å²) in [6, 6.07) is 2.00. The maximum Gasteiger partial charge on any atom is 0.264 e. The van der Waals surface area contributed by atoms with Gasteiger partial charge in [-0.2, -0.15) is 0 Å². The van der Waals surface area contributed by atoms with Crippen LogP contribution in [0.25, 0.3) is 0 Å². The minimum absolute atomic E-state index is 0.113. The molecule has 6 nitrogen and oxygen atoms in total. The molecule has 2 aliphatic rings. The number of fused-ring (bicyclic) bond motifs is 1. The molecule has 1 aliphatic heterocycles. The third-order valence-electron chi connectivity index (χ3n) is 4.69. The molecule has 0 atom stereocenters. The van der Waals surface area contributed by atoms with Crippen molar-refractivity contribution in [2.75, 3.05) is 13.2 Å². The average molecular weight is 346 g/mol. The number of aromatic nitrogens is 3. The van der Waals surface area contributed by atoms with Crippen molar-refractivity contribution >= 4 is 17.2 Å². The fourth-order valence-electron chi connectivity index (χ4n) is 3.02. The van der Waals surface area contributed by atoms with Crippen LogP contribution in [0.2, 0.25) is 0 Å². The zero-order valence-corrected chi connectivity index (χ0v) is 14.7. The van der Waals surface area contributed by atoms with Crippen LogP contribution in [-0.4, -0.2) is 39.0 Å². The van der Waals surface area contributed by atoms with Gasteiger partial charge in [0.1, 0.15) is 5.69 Å². The molecular weight excluding hydrogens is 324 g/mol. The van der Waals surface area contributed by atoms with E-state index in [-0.39, 0.29) is 5.91 Å². The van der Waals surface area contributed by atoms with Crippen molar-refractivity contribution in [1.82, 2.24) is 19.9 Å². The van der Waals surface area contributed by atoms with Gasteiger partial charge in [-0.15, -0.1) is 16.4 Å². The van der Waals surface area contributed by atoms with Crippen molar-refractivity contribution in [3.63, 3.8) is 0 Å². The number of hydrogen-bond acceptors (Lipinski definition) is 5. The van der Waals surface area contributed by atoms with Crippen molar-refractivity contribution in [2.45, 2.75) is 45.9 Å². The third kappa shape index (κ3) is 3.23. The maximum atomic E-state index is 12.8. The van der Waals surface area contributed by atoms with Gasteiger partial charge >= 0.3 is 0 Å². The summed E-state index contributed by atoms with van der Waals surface area (Å²) >= 11 is 1.52. The molecule has 1 saturated carbocycles. The van der Waals surface area contributed by atoms with E-state index in [2.05, 4.69) is 10.3 Å². The van der Waals surface area contributed by atoms with Crippen LogP contribution in [0.4, 0.5) is 0 Å². The molecule has 0 unspecified atom stereocenters. The summed E-state index contributed by atoms with van der Waals surface area (Å²) < 4.78 is 7.71. The van der Waals surface area contributed by atoms with Crippen LogP contribution in [0.5, 0.6) is 0 Å². The van der Waals surface area contributed by atoms with Gasteiger partial charge in [0, 0.05) is 19.7 Å². The summed E-state index contributed by atoms with van der Waals surface area (Å²) in [5.41, 5.74) is 2.94. The van der Waals surface area contributed by atoms with Gasteiger partial charge in [0.15, 0.2) is 0 Å². The van der Waals surface area contributed by atoms with Gasteiger partial charge in [0.2, 0.25) is 0 Å². The summed E-state index contributed by atoms with van der Waals surface area (Å²) in [5, 5.41) is 10.5. The zero-order chi connectivity index (χ0) is 16.5. The van der Waals surface area contributed by atoms with Crippen molar-refractivity contribution in [3.05, 3.63) is 33.3 Å². The van der Waals surface area contributed by atoms with Gasteiger partial charge in [0.25, 0.3) is 5.91 Å². The molecule has 2 aromatic heterocycles. The van der Waals surface area contributed by atoms with Gasteiger partial charge in [-0.05, 0) is 49.1 Å². The smallest absolute Gasteiger partial charge is 0.264 e. The monoisotopic (exact) mass is 346 g/mol. The summed E-state index contributed by atoms with van der Waals surface area (Å²) in [4.78, 5) is 15.6. The fourth-order valence-corrected chi connectivity index (χ4v) is 3.91. The number of ether oxygens (including phenoxy) is 1. The summed E-state index contributed by atoms with van der Waals surface area (Å²) in [6.45, 7) is 5.41. The first-order valence-electron chi connectivity index (χ1n) is 8.54. The van der Waals surface area contributed by atoms with Crippen LogP contribution in [0.15, 0.2) is 11.4 Å². The van der Waals surface area contributed by atoms with E-state index in [0.29, 0.717) is 13.2 Å². The van der Waals surface area contributed by atoms with Crippen LogP contribution in [0.3, 0.4) is 0 Å². The van der Waals surface area contributed by atoms with Crippen molar-refractivity contribution in [1.29, 1.82) is 0 Å². The molecule has 0 saturated heterocycles. The Balaban J connectivity index is 1.49. The molecule has 2 aromatic rings. The molecule has 3 heterocycles. The number of carbonyl (C=O) groups is 1. The molecule has 0 spiro atoms. The second-order valence-electron chi connectivity index (χ2n) is 6.68. The lowest BCUT2D eigenvalue weighted by Crippen LogP contribution is -2.31. The van der Waals surface area contributed by atoms with Crippen LogP contribution in [0, 0.1) is 12.8 Å². The van der Waals surface area contributed by atoms with E-state index in [4.69, 9.17) is 4.74 Å². The fraction of sp³-hybridized carbons (Fsp3) is 0.588. The first kappa shape index (κ1) is 15.8. The van der Waals surface area contributed by atoms with E-state index in [1.165, 1.54) is 24.2 Å². The van der Waals surface area contributed by atoms with E-state index < -0.39 is 0 Å². The Bertz CT molecular complexity index is 735. The standard InChI is InChI=1S/C17H22N4O2S/c1-12-5-8-24-16(12)17(22)20-6-2-7-21-15(9-20)14(18-19-21)11-23-10-13-3-4-13/h5,8,13H,2-4,6-7,9-11H2,1H3. The number of rotatable bonds is 5. The molecule has 1 aliphatic carbocycles. The van der Waals surface area contributed by atoms with E-state index in [1.807, 2.05) is 28.0 Å². The zero-order valence-electron chi connectivity index (χ0n) is 13.9. The largest absolute Gasteiger partial charge is 0.375 e. The quantitative estimate of drug-likeness (QED) is 0.835. The molecule has 24 heavy (non-hydrogen) atoms. The van der Waals surface area contributed by atoms with Crippen LogP contribution in [0.1, 0.15) is 45.9 Å². The Kier molecular flexibility index (Phi) is 4.37. The first-order chi connectivity index (χ1) is 11.7. The van der Waals surface area contributed by atoms with Gasteiger partial charge in [-0.1, -0.05) is 5.21 Å². The summed E-state index contributed by atoms with van der Waals surface area (Å²) in [7, 11) is 0. The summed E-state index contributed by atoms with van der Waals surface area (Å²) in [5.74, 6) is 0.848. The van der Waals surface area contributed by atoms with E-state index in [0.717, 1.165) is 53.9 Å². The number of thiophene rings is 1. The van der Waals surface area contributed by atoms with Crippen LogP contribution in [-0.2, 0) is 24.4 Å². The number of nitrogens with zero attached hydrogens (tertiary/aromatic N) is 4. The highest BCUT2D eigenvalue weighted by molar-refractivity contribution is 7.12. The van der Waals surface area contributed by atoms with Crippen LogP contribution >= 0.6 is 11.3 Å². The first-order valence-corrected chi connectivity index (χ1v) is 9.42. The highest BCUT2D eigenvalue weighted by Crippen LogP contribution is 2.29. The van der Waals surface area contributed by atoms with E-state index >= 15 is 0 Å². The summed E-state index contributed by atoms with van der Waals surface area (Å²) in [6.07, 6.45) is 3.46. The van der Waals surface area contributed by atoms with Gasteiger partial charge in [-0.3, -0.25) is 4.79 Å². The number of hydrogen-bond donors (Lipinski definition) is 0. The van der Waals surface area contributed by atoms with Crippen LogP contribution < -0.4 is 0 Å². The van der Waals surface area contributed by atoms with E-state index in [1.54, 1.807) is 0 Å². The predicted octanol–water partition coefficient (Wildman–Crippen LogP) is 2.62. The molecule has 1 amide bonds. The SMILES string of the molecule is Cc1ccsc1C(=O)N1CCCn2nnc(COCC3CC3)c2C1. The maximum absolute atomic E-state index is 12.8. The molecule has 0 aromatic carbocycles. The Morgan fingerprint density at radius 2 is 2.29 bits per heavy atom. The Labute approximate surface area is 145 Å². The van der Waals surface area contributed by atoms with Crippen molar-refractivity contribution in [3.8, 4) is 0 Å². The highest BCUT2D eigenvalue weighted by atomic mass is 32.1. The predicted molar refractivity (Wildman–Crippen MR) is 90.8 cm³/mol. The molecule has 0 N–H and O–H groups in total. The molecular formula is C17H22N4O2S. The van der Waals surface area contributed by atoms with Gasteiger partial charge in [0.05, 0.1) is 23.7 Å². The number of amides is 1. The topological polar surface area (TPSA) is 60.2 Å². The average Bonchev–Trinajstić information content (AvgIpc) is 3.25. The molecule has 1 fully saturated rings. The molecule has 4 rings (SSSR count). The Morgan fingerprint density at radius 3 is 3.04 bits per heavy atom. The molecule has 7 heteroatoms. The van der Waals surface area contributed by atoms with Gasteiger partial charge in [-0.25, -0.2) is 4.68 Å². The number of aryl methyl sites for hydroxylation is 2. The Hall–Kier alpha value is -1.73.